The third kappa shape index (κ3) is 1.02. The van der Waals surface area contributed by atoms with E-state index >= 15 is 0 Å². The molecule has 13 heavy (non-hydrogen) atoms. The molecule has 0 fully saturated rings. The summed E-state index contributed by atoms with van der Waals surface area (Å²) in [6, 6.07) is 2.08. The van der Waals surface area contributed by atoms with Crippen LogP contribution in [0.15, 0.2) is 12.1 Å². The van der Waals surface area contributed by atoms with Crippen LogP contribution in [-0.4, -0.2) is 5.91 Å². The fourth-order valence-corrected chi connectivity index (χ4v) is 1.51. The zero-order chi connectivity index (χ0) is 9.59. The highest BCUT2D eigenvalue weighted by Crippen LogP contribution is 2.33. The van der Waals surface area contributed by atoms with E-state index in [-0.39, 0.29) is 11.5 Å². The number of anilines is 1. The highest BCUT2D eigenvalue weighted by Gasteiger charge is 2.31. The first-order valence-corrected chi connectivity index (χ1v) is 3.96. The van der Waals surface area contributed by atoms with E-state index in [9.17, 15) is 9.18 Å². The van der Waals surface area contributed by atoms with E-state index in [1.807, 2.05) is 0 Å². The molecule has 0 saturated heterocycles. The number of nitrogens with two attached hydrogens (primary N) is 1. The molecule has 1 unspecified atom stereocenters. The quantitative estimate of drug-likeness (QED) is 0.627. The number of rotatable bonds is 0. The Morgan fingerprint density at radius 3 is 2.85 bits per heavy atom. The average molecular weight is 180 g/mol. The monoisotopic (exact) mass is 180 g/mol. The lowest BCUT2D eigenvalue weighted by Gasteiger charge is -2.04. The van der Waals surface area contributed by atoms with Crippen LogP contribution in [0.2, 0.25) is 0 Å². The van der Waals surface area contributed by atoms with Crippen molar-refractivity contribution < 1.29 is 9.18 Å². The fraction of sp³-hybridized carbons (Fsp3) is 0.222. The smallest absolute Gasteiger partial charge is 0.246 e. The van der Waals surface area contributed by atoms with E-state index < -0.39 is 11.9 Å². The summed E-state index contributed by atoms with van der Waals surface area (Å²) in [4.78, 5) is 11.1. The number of carbonyl (C=O) groups is 1. The molecule has 1 aromatic rings. The predicted molar refractivity (Wildman–Crippen MR) is 46.7 cm³/mol. The molecule has 3 N–H and O–H groups in total. The Balaban J connectivity index is 2.68. The lowest BCUT2D eigenvalue weighted by atomic mass is 10.1. The first-order chi connectivity index (χ1) is 6.11. The fourth-order valence-electron chi connectivity index (χ4n) is 1.51. The number of benzene rings is 1. The Labute approximate surface area is 74.7 Å². The van der Waals surface area contributed by atoms with E-state index in [1.165, 1.54) is 6.07 Å². The van der Waals surface area contributed by atoms with E-state index in [2.05, 4.69) is 5.32 Å². The van der Waals surface area contributed by atoms with Crippen molar-refractivity contribution in [2.24, 2.45) is 5.73 Å². The minimum atomic E-state index is -0.866. The maximum Gasteiger partial charge on any atom is 0.246 e. The molecule has 0 aromatic heterocycles. The molecule has 0 aliphatic carbocycles. The minimum Gasteiger partial charge on any atom is -0.324 e. The van der Waals surface area contributed by atoms with Crippen molar-refractivity contribution in [3.05, 3.63) is 29.1 Å². The maximum absolute atomic E-state index is 13.2. The van der Waals surface area contributed by atoms with Crippen molar-refractivity contribution in [2.45, 2.75) is 13.0 Å². The predicted octanol–water partition coefficient (Wildman–Crippen LogP) is 1.09. The van der Waals surface area contributed by atoms with Crippen molar-refractivity contribution in [1.82, 2.24) is 0 Å². The van der Waals surface area contributed by atoms with Gasteiger partial charge in [0.1, 0.15) is 11.9 Å². The van der Waals surface area contributed by atoms with Gasteiger partial charge in [0, 0.05) is 5.56 Å². The largest absolute Gasteiger partial charge is 0.324 e. The van der Waals surface area contributed by atoms with Crippen LogP contribution in [0, 0.1) is 12.7 Å². The van der Waals surface area contributed by atoms with Gasteiger partial charge in [-0.2, -0.15) is 0 Å². The second-order valence-electron chi connectivity index (χ2n) is 3.12. The molecule has 3 nitrogen and oxygen atoms in total. The van der Waals surface area contributed by atoms with Gasteiger partial charge in [-0.05, 0) is 18.6 Å². The summed E-state index contributed by atoms with van der Waals surface area (Å²) in [5.41, 5.74) is 7.15. The van der Waals surface area contributed by atoms with E-state index in [4.69, 9.17) is 5.73 Å². The summed E-state index contributed by atoms with van der Waals surface area (Å²) in [7, 11) is 0. The van der Waals surface area contributed by atoms with Crippen LogP contribution in [0.1, 0.15) is 17.2 Å². The molecule has 1 amide bonds. The molecule has 68 valence electrons. The molecular formula is C9H9FN2O. The lowest BCUT2D eigenvalue weighted by Crippen LogP contribution is -2.20. The molecular weight excluding hydrogens is 171 g/mol. The minimum absolute atomic E-state index is 0.282. The first kappa shape index (κ1) is 8.19. The van der Waals surface area contributed by atoms with Crippen LogP contribution in [0.5, 0.6) is 0 Å². The van der Waals surface area contributed by atoms with E-state index in [1.54, 1.807) is 13.0 Å². The summed E-state index contributed by atoms with van der Waals surface area (Å²) in [5.74, 6) is -0.769. The van der Waals surface area contributed by atoms with Gasteiger partial charge in [-0.3, -0.25) is 4.79 Å². The van der Waals surface area contributed by atoms with Gasteiger partial charge in [0.2, 0.25) is 5.91 Å². The summed E-state index contributed by atoms with van der Waals surface area (Å²) >= 11 is 0. The Bertz CT molecular complexity index is 389. The van der Waals surface area contributed by atoms with Gasteiger partial charge in [-0.1, -0.05) is 6.07 Å². The van der Waals surface area contributed by atoms with Crippen molar-refractivity contribution in [1.29, 1.82) is 0 Å². The Morgan fingerprint density at radius 1 is 1.54 bits per heavy atom. The molecule has 0 radical (unpaired) electrons. The van der Waals surface area contributed by atoms with Gasteiger partial charge in [0.25, 0.3) is 0 Å². The highest BCUT2D eigenvalue weighted by molar-refractivity contribution is 6.03. The third-order valence-electron chi connectivity index (χ3n) is 2.24. The van der Waals surface area contributed by atoms with Crippen LogP contribution in [0.25, 0.3) is 0 Å². The van der Waals surface area contributed by atoms with Crippen molar-refractivity contribution >= 4 is 11.6 Å². The van der Waals surface area contributed by atoms with Gasteiger partial charge in [-0.25, -0.2) is 4.39 Å². The standard InChI is InChI=1S/C9H9FN2O/c1-4-2-3-5(10)6-7(11)9(13)12-8(4)6/h2-3,7H,11H2,1H3,(H,12,13). The number of fused-ring (bicyclic) bond motifs is 1. The molecule has 2 rings (SSSR count). The Hall–Kier alpha value is -1.42. The number of amides is 1. The summed E-state index contributed by atoms with van der Waals surface area (Å²) < 4.78 is 13.2. The zero-order valence-corrected chi connectivity index (χ0v) is 7.10. The van der Waals surface area contributed by atoms with Gasteiger partial charge in [0.05, 0.1) is 5.69 Å². The van der Waals surface area contributed by atoms with Gasteiger partial charge >= 0.3 is 0 Å². The van der Waals surface area contributed by atoms with Crippen LogP contribution < -0.4 is 11.1 Å². The molecule has 1 heterocycles. The van der Waals surface area contributed by atoms with Crippen LogP contribution >= 0.6 is 0 Å². The molecule has 1 aliphatic rings. The zero-order valence-electron chi connectivity index (χ0n) is 7.10. The summed E-state index contributed by atoms with van der Waals surface area (Å²) in [5, 5.41) is 2.55. The SMILES string of the molecule is Cc1ccc(F)c2c1NC(=O)C2N. The normalized spacial score (nSPS) is 19.9. The van der Waals surface area contributed by atoms with Crippen molar-refractivity contribution in [2.75, 3.05) is 5.32 Å². The molecule has 0 bridgehead atoms. The third-order valence-corrected chi connectivity index (χ3v) is 2.24. The second kappa shape index (κ2) is 2.53. The molecule has 0 saturated carbocycles. The highest BCUT2D eigenvalue weighted by atomic mass is 19.1. The number of hydrogen-bond donors (Lipinski definition) is 2. The molecule has 1 atom stereocenters. The van der Waals surface area contributed by atoms with Crippen LogP contribution in [-0.2, 0) is 4.79 Å². The topological polar surface area (TPSA) is 55.1 Å². The summed E-state index contributed by atoms with van der Waals surface area (Å²) in [6.45, 7) is 1.80. The molecule has 1 aromatic carbocycles. The van der Waals surface area contributed by atoms with Gasteiger partial charge in [0.15, 0.2) is 0 Å². The second-order valence-corrected chi connectivity index (χ2v) is 3.12. The number of halogens is 1. The Kier molecular flexibility index (Phi) is 1.60. The summed E-state index contributed by atoms with van der Waals surface area (Å²) in [6.07, 6.45) is 0. The average Bonchev–Trinajstić information content (AvgIpc) is 2.38. The number of aryl methyl sites for hydroxylation is 1. The van der Waals surface area contributed by atoms with E-state index in [0.29, 0.717) is 5.69 Å². The maximum atomic E-state index is 13.2. The van der Waals surface area contributed by atoms with E-state index in [0.717, 1.165) is 5.56 Å². The Morgan fingerprint density at radius 2 is 2.23 bits per heavy atom. The number of hydrogen-bond acceptors (Lipinski definition) is 2. The number of carbonyl (C=O) groups excluding carboxylic acids is 1. The molecule has 4 heteroatoms. The van der Waals surface area contributed by atoms with Crippen molar-refractivity contribution in [3.63, 3.8) is 0 Å². The number of nitrogens with one attached hydrogen (secondary N) is 1. The lowest BCUT2D eigenvalue weighted by molar-refractivity contribution is -0.116. The first-order valence-electron chi connectivity index (χ1n) is 3.96. The van der Waals surface area contributed by atoms with Crippen LogP contribution in [0.3, 0.4) is 0 Å². The molecule has 0 spiro atoms. The molecule has 1 aliphatic heterocycles. The van der Waals surface area contributed by atoms with Gasteiger partial charge < -0.3 is 11.1 Å². The van der Waals surface area contributed by atoms with Gasteiger partial charge in [-0.15, -0.1) is 0 Å². The van der Waals surface area contributed by atoms with Crippen molar-refractivity contribution in [3.8, 4) is 0 Å². The van der Waals surface area contributed by atoms with Crippen LogP contribution in [0.4, 0.5) is 10.1 Å².